The van der Waals surface area contributed by atoms with Gasteiger partial charge in [0.05, 0.1) is 43.3 Å². The van der Waals surface area contributed by atoms with Crippen molar-refractivity contribution in [1.82, 2.24) is 30.1 Å². The third-order valence-corrected chi connectivity index (χ3v) is 7.86. The molecule has 0 bridgehead atoms. The van der Waals surface area contributed by atoms with Gasteiger partial charge < -0.3 is 25.0 Å². The number of carbonyl (C=O) groups excluding carboxylic acids is 2. The van der Waals surface area contributed by atoms with Crippen molar-refractivity contribution in [3.05, 3.63) is 29.7 Å². The molecular formula is C25H30F6N6O4. The van der Waals surface area contributed by atoms with E-state index in [1.54, 1.807) is 0 Å². The topological polar surface area (TPSA) is 110 Å². The van der Waals surface area contributed by atoms with Crippen LogP contribution >= 0.6 is 0 Å². The lowest BCUT2D eigenvalue weighted by Gasteiger charge is -2.33. The van der Waals surface area contributed by atoms with Gasteiger partial charge >= 0.3 is 18.3 Å². The third-order valence-electron chi connectivity index (χ3n) is 7.86. The number of methoxy groups -OCH3 is 1. The Morgan fingerprint density at radius 1 is 1.22 bits per heavy atom. The molecule has 3 fully saturated rings. The van der Waals surface area contributed by atoms with Gasteiger partial charge in [0.25, 0.3) is 0 Å². The fraction of sp³-hybridized carbons (Fsp3) is 0.680. The first kappa shape index (κ1) is 29.2. The summed E-state index contributed by atoms with van der Waals surface area (Å²) in [5, 5.41) is 8.86. The minimum absolute atomic E-state index is 0.0951. The van der Waals surface area contributed by atoms with E-state index in [-0.39, 0.29) is 37.9 Å². The fourth-order valence-electron chi connectivity index (χ4n) is 5.25. The molecule has 0 unspecified atom stereocenters. The maximum Gasteiger partial charge on any atom is 0.410 e. The van der Waals surface area contributed by atoms with Gasteiger partial charge in [-0.25, -0.2) is 32.3 Å². The Kier molecular flexibility index (Phi) is 7.72. The molecule has 16 heteroatoms. The number of carbonyl (C=O) groups is 2. The number of fused-ring (bicyclic) bond motifs is 1. The second-order valence-corrected chi connectivity index (χ2v) is 11.0. The van der Waals surface area contributed by atoms with Crippen LogP contribution in [-0.2, 0) is 9.47 Å². The van der Waals surface area contributed by atoms with Gasteiger partial charge in [-0.15, -0.1) is 0 Å². The molecule has 1 aliphatic heterocycles. The molecule has 2 aromatic rings. The fourth-order valence-corrected chi connectivity index (χ4v) is 5.25. The van der Waals surface area contributed by atoms with E-state index in [4.69, 9.17) is 9.47 Å². The SMILES string of the molecule is COC[C@H](c1cnn2cc([C@@H](NC(=O)OCC3(F)CC3)C3CCC(F)(F)CC3)nc2c1)N1C[C@@H](C(F)(F)F)NC1=O. The number of hydrogen-bond acceptors (Lipinski definition) is 6. The van der Waals surface area contributed by atoms with Crippen molar-refractivity contribution in [2.75, 3.05) is 26.9 Å². The van der Waals surface area contributed by atoms with Crippen LogP contribution in [-0.4, -0.2) is 82.3 Å². The standard InChI is InChI=1S/C25H30F6N6O4/c1-40-12-17(36-11-18(25(29,30)31)34-21(36)38)15-8-19-33-16(10-37(19)32-9-15)20(14-2-4-24(27,28)5-3-14)35-22(39)41-13-23(26)6-7-23/h8-10,14,17-18,20H,2-7,11-13H2,1H3,(H,34,38)(H,35,39)/t17-,18+,20+/m1/s1. The molecular weight excluding hydrogens is 562 g/mol. The lowest BCUT2D eigenvalue weighted by Crippen LogP contribution is -2.40. The highest BCUT2D eigenvalue weighted by Crippen LogP contribution is 2.42. The zero-order valence-corrected chi connectivity index (χ0v) is 22.1. The average Bonchev–Trinajstić information content (AvgIpc) is 3.29. The zero-order chi connectivity index (χ0) is 29.6. The van der Waals surface area contributed by atoms with Crippen LogP contribution in [0.5, 0.6) is 0 Å². The van der Waals surface area contributed by atoms with E-state index >= 15 is 0 Å². The number of imidazole rings is 1. The van der Waals surface area contributed by atoms with Crippen LogP contribution in [0.25, 0.3) is 5.65 Å². The maximum absolute atomic E-state index is 14.0. The quantitative estimate of drug-likeness (QED) is 0.416. The number of ether oxygens (including phenoxy) is 2. The van der Waals surface area contributed by atoms with Gasteiger partial charge in [0, 0.05) is 25.5 Å². The number of alkyl carbamates (subject to hydrolysis) is 1. The average molecular weight is 593 g/mol. The normalized spacial score (nSPS) is 23.7. The molecule has 10 nitrogen and oxygen atoms in total. The minimum atomic E-state index is -4.63. The number of nitrogens with one attached hydrogen (secondary N) is 2. The number of hydrogen-bond donors (Lipinski definition) is 2. The summed E-state index contributed by atoms with van der Waals surface area (Å²) in [6.45, 7) is -1.15. The lowest BCUT2D eigenvalue weighted by atomic mass is 9.81. The highest BCUT2D eigenvalue weighted by Gasteiger charge is 2.49. The summed E-state index contributed by atoms with van der Waals surface area (Å²) in [6.07, 6.45) is -2.63. The molecule has 3 heterocycles. The molecule has 2 saturated carbocycles. The summed E-state index contributed by atoms with van der Waals surface area (Å²) >= 11 is 0. The van der Waals surface area contributed by atoms with Crippen molar-refractivity contribution >= 4 is 17.8 Å². The number of rotatable bonds is 9. The first-order valence-electron chi connectivity index (χ1n) is 13.2. The second kappa shape index (κ2) is 10.8. The van der Waals surface area contributed by atoms with Crippen molar-refractivity contribution in [3.8, 4) is 0 Å². The van der Waals surface area contributed by atoms with Crippen molar-refractivity contribution < 1.29 is 45.4 Å². The van der Waals surface area contributed by atoms with Crippen molar-refractivity contribution in [2.45, 2.75) is 74.4 Å². The van der Waals surface area contributed by atoms with Gasteiger partial charge in [0.1, 0.15) is 18.3 Å². The van der Waals surface area contributed by atoms with E-state index in [1.807, 2.05) is 5.32 Å². The van der Waals surface area contributed by atoms with Crippen molar-refractivity contribution in [1.29, 1.82) is 0 Å². The Morgan fingerprint density at radius 2 is 1.93 bits per heavy atom. The molecule has 226 valence electrons. The van der Waals surface area contributed by atoms with E-state index in [1.165, 1.54) is 30.1 Å². The van der Waals surface area contributed by atoms with Crippen LogP contribution in [0.1, 0.15) is 61.9 Å². The molecule has 2 aliphatic carbocycles. The molecule has 3 atom stereocenters. The number of nitrogens with zero attached hydrogens (tertiary/aromatic N) is 4. The minimum Gasteiger partial charge on any atom is -0.446 e. The molecule has 2 N–H and O–H groups in total. The third kappa shape index (κ3) is 6.62. The lowest BCUT2D eigenvalue weighted by molar-refractivity contribution is -0.150. The second-order valence-electron chi connectivity index (χ2n) is 11.0. The summed E-state index contributed by atoms with van der Waals surface area (Å²) in [5.74, 6) is -3.23. The van der Waals surface area contributed by atoms with E-state index in [0.29, 0.717) is 24.1 Å². The van der Waals surface area contributed by atoms with Gasteiger partial charge in [0.15, 0.2) is 5.65 Å². The molecule has 1 saturated heterocycles. The Balaban J connectivity index is 1.39. The van der Waals surface area contributed by atoms with Gasteiger partial charge in [-0.05, 0) is 37.7 Å². The number of aromatic nitrogens is 3. The monoisotopic (exact) mass is 592 g/mol. The van der Waals surface area contributed by atoms with Crippen molar-refractivity contribution in [3.63, 3.8) is 0 Å². The van der Waals surface area contributed by atoms with E-state index in [0.717, 1.165) is 4.90 Å². The predicted molar refractivity (Wildman–Crippen MR) is 130 cm³/mol. The van der Waals surface area contributed by atoms with E-state index in [2.05, 4.69) is 15.4 Å². The summed E-state index contributed by atoms with van der Waals surface area (Å²) < 4.78 is 93.0. The van der Waals surface area contributed by atoms with Gasteiger partial charge in [-0.1, -0.05) is 0 Å². The number of alkyl halides is 6. The Morgan fingerprint density at radius 3 is 2.54 bits per heavy atom. The largest absolute Gasteiger partial charge is 0.446 e. The number of amides is 3. The Bertz CT molecular complexity index is 1270. The van der Waals surface area contributed by atoms with Crippen LogP contribution in [0.2, 0.25) is 0 Å². The summed E-state index contributed by atoms with van der Waals surface area (Å²) in [6, 6.07) is -3.17. The summed E-state index contributed by atoms with van der Waals surface area (Å²) in [7, 11) is 1.35. The molecule has 0 aromatic carbocycles. The molecule has 3 amide bonds. The summed E-state index contributed by atoms with van der Waals surface area (Å²) in [4.78, 5) is 30.5. The molecule has 0 radical (unpaired) electrons. The first-order valence-corrected chi connectivity index (χ1v) is 13.2. The number of halogens is 6. The van der Waals surface area contributed by atoms with Crippen LogP contribution < -0.4 is 10.6 Å². The van der Waals surface area contributed by atoms with Crippen LogP contribution in [0, 0.1) is 5.92 Å². The Hall–Kier alpha value is -3.30. The van der Waals surface area contributed by atoms with Gasteiger partial charge in [-0.3, -0.25) is 0 Å². The molecule has 3 aliphatic rings. The molecule has 2 aromatic heterocycles. The highest BCUT2D eigenvalue weighted by molar-refractivity contribution is 5.77. The zero-order valence-electron chi connectivity index (χ0n) is 22.1. The van der Waals surface area contributed by atoms with Crippen LogP contribution in [0.3, 0.4) is 0 Å². The van der Waals surface area contributed by atoms with Crippen LogP contribution in [0.4, 0.5) is 35.9 Å². The maximum atomic E-state index is 14.0. The van der Waals surface area contributed by atoms with Crippen molar-refractivity contribution in [2.24, 2.45) is 5.92 Å². The van der Waals surface area contributed by atoms with Gasteiger partial charge in [-0.2, -0.15) is 18.3 Å². The molecule has 41 heavy (non-hydrogen) atoms. The highest BCUT2D eigenvalue weighted by atomic mass is 19.4. The van der Waals surface area contributed by atoms with Crippen LogP contribution in [0.15, 0.2) is 18.5 Å². The van der Waals surface area contributed by atoms with E-state index < -0.39 is 67.1 Å². The van der Waals surface area contributed by atoms with E-state index in [9.17, 15) is 35.9 Å². The molecule has 0 spiro atoms. The predicted octanol–water partition coefficient (Wildman–Crippen LogP) is 4.47. The molecule has 5 rings (SSSR count). The smallest absolute Gasteiger partial charge is 0.410 e. The summed E-state index contributed by atoms with van der Waals surface area (Å²) in [5.41, 5.74) is -0.641. The Labute approximate surface area is 230 Å². The first-order chi connectivity index (χ1) is 19.3. The van der Waals surface area contributed by atoms with Gasteiger partial charge in [0.2, 0.25) is 5.92 Å². The number of urea groups is 1.